The van der Waals surface area contributed by atoms with Gasteiger partial charge in [0.1, 0.15) is 11.6 Å². The summed E-state index contributed by atoms with van der Waals surface area (Å²) in [6, 6.07) is 12.7. The van der Waals surface area contributed by atoms with Crippen molar-refractivity contribution in [2.24, 2.45) is 0 Å². The smallest absolute Gasteiger partial charge is 0.268 e. The lowest BCUT2D eigenvalue weighted by Crippen LogP contribution is -2.31. The van der Waals surface area contributed by atoms with Crippen molar-refractivity contribution in [3.8, 4) is 5.75 Å². The van der Waals surface area contributed by atoms with Gasteiger partial charge in [-0.25, -0.2) is 4.39 Å². The van der Waals surface area contributed by atoms with E-state index in [1.165, 1.54) is 12.1 Å². The Morgan fingerprint density at radius 1 is 1.04 bits per heavy atom. The third-order valence-corrected chi connectivity index (χ3v) is 5.23. The number of hydrogen-bond acceptors (Lipinski definition) is 5. The molecule has 2 amide bonds. The van der Waals surface area contributed by atoms with Gasteiger partial charge in [0.25, 0.3) is 11.8 Å². The van der Waals surface area contributed by atoms with Crippen LogP contribution in [0.2, 0.25) is 0 Å². The summed E-state index contributed by atoms with van der Waals surface area (Å²) in [6.45, 7) is 2.36. The van der Waals surface area contributed by atoms with E-state index in [4.69, 9.17) is 9.84 Å². The van der Waals surface area contributed by atoms with Gasteiger partial charge in [0, 0.05) is 5.75 Å². The number of hydrogen-bond donors (Lipinski definition) is 1. The third-order valence-electron chi connectivity index (χ3n) is 4.17. The van der Waals surface area contributed by atoms with Crippen LogP contribution >= 0.6 is 11.8 Å². The molecule has 1 aliphatic heterocycles. The molecule has 2 aromatic carbocycles. The van der Waals surface area contributed by atoms with Gasteiger partial charge in [-0.05, 0) is 42.3 Å². The molecule has 3 rings (SSSR count). The highest BCUT2D eigenvalue weighted by atomic mass is 32.2. The van der Waals surface area contributed by atoms with E-state index in [0.717, 1.165) is 16.7 Å². The second-order valence-electron chi connectivity index (χ2n) is 6.06. The van der Waals surface area contributed by atoms with E-state index >= 15 is 0 Å². The Morgan fingerprint density at radius 3 is 2.32 bits per heavy atom. The maximum absolute atomic E-state index is 13.1. The lowest BCUT2D eigenvalue weighted by molar-refractivity contribution is -0.137. The van der Waals surface area contributed by atoms with Crippen LogP contribution in [0.5, 0.6) is 5.75 Å². The fourth-order valence-electron chi connectivity index (χ4n) is 2.89. The Bertz CT molecular complexity index is 894. The van der Waals surface area contributed by atoms with Crippen LogP contribution in [0.3, 0.4) is 0 Å². The average molecular weight is 401 g/mol. The van der Waals surface area contributed by atoms with Crippen LogP contribution in [0, 0.1) is 5.82 Å². The molecule has 7 heteroatoms. The van der Waals surface area contributed by atoms with Crippen LogP contribution in [0.1, 0.15) is 18.1 Å². The van der Waals surface area contributed by atoms with E-state index in [-0.39, 0.29) is 19.0 Å². The highest BCUT2D eigenvalue weighted by molar-refractivity contribution is 8.04. The first-order valence-corrected chi connectivity index (χ1v) is 9.85. The summed E-state index contributed by atoms with van der Waals surface area (Å²) in [5.41, 5.74) is 1.58. The van der Waals surface area contributed by atoms with Gasteiger partial charge in [0.2, 0.25) is 0 Å². The molecule has 0 unspecified atom stereocenters. The zero-order chi connectivity index (χ0) is 20.1. The highest BCUT2D eigenvalue weighted by Gasteiger charge is 2.39. The number of aliphatic hydroxyl groups is 1. The Labute approximate surface area is 166 Å². The van der Waals surface area contributed by atoms with Gasteiger partial charge < -0.3 is 9.84 Å². The second kappa shape index (κ2) is 9.03. The standard InChI is InChI=1S/C21H20FNO4S/c1-2-27-17-9-5-15(6-10-17)18-19(28-12-11-24)21(26)23(20(18)25)13-14-3-7-16(22)8-4-14/h3-10,24H,2,11-13H2,1H3. The molecule has 0 bridgehead atoms. The van der Waals surface area contributed by atoms with Crippen molar-refractivity contribution in [1.29, 1.82) is 0 Å². The summed E-state index contributed by atoms with van der Waals surface area (Å²) in [7, 11) is 0. The van der Waals surface area contributed by atoms with Crippen LogP contribution in [0.4, 0.5) is 4.39 Å². The van der Waals surface area contributed by atoms with Crippen LogP contribution < -0.4 is 4.74 Å². The second-order valence-corrected chi connectivity index (χ2v) is 7.16. The number of nitrogens with zero attached hydrogens (tertiary/aromatic N) is 1. The van der Waals surface area contributed by atoms with Gasteiger partial charge in [0.05, 0.1) is 30.2 Å². The summed E-state index contributed by atoms with van der Waals surface area (Å²) < 4.78 is 18.6. The van der Waals surface area contributed by atoms with E-state index in [0.29, 0.717) is 39.7 Å². The molecule has 1 N–H and O–H groups in total. The number of thioether (sulfide) groups is 1. The molecule has 1 heterocycles. The van der Waals surface area contributed by atoms with E-state index in [9.17, 15) is 14.0 Å². The van der Waals surface area contributed by atoms with E-state index in [1.807, 2.05) is 6.92 Å². The zero-order valence-electron chi connectivity index (χ0n) is 15.4. The molecule has 0 fully saturated rings. The van der Waals surface area contributed by atoms with Gasteiger partial charge in [-0.3, -0.25) is 14.5 Å². The Kier molecular flexibility index (Phi) is 6.49. The normalized spacial score (nSPS) is 14.2. The first kappa shape index (κ1) is 20.1. The van der Waals surface area contributed by atoms with Gasteiger partial charge in [-0.2, -0.15) is 0 Å². The van der Waals surface area contributed by atoms with Crippen molar-refractivity contribution in [3.63, 3.8) is 0 Å². The summed E-state index contributed by atoms with van der Waals surface area (Å²) in [5, 5.41) is 9.15. The van der Waals surface area contributed by atoms with E-state index in [2.05, 4.69) is 0 Å². The Hall–Kier alpha value is -2.64. The number of aliphatic hydroxyl groups excluding tert-OH is 1. The third kappa shape index (κ3) is 4.26. The van der Waals surface area contributed by atoms with Gasteiger partial charge in [-0.1, -0.05) is 24.3 Å². The number of imide groups is 1. The van der Waals surface area contributed by atoms with Crippen molar-refractivity contribution in [3.05, 3.63) is 70.4 Å². The molecule has 0 radical (unpaired) electrons. The maximum Gasteiger partial charge on any atom is 0.268 e. The molecule has 28 heavy (non-hydrogen) atoms. The van der Waals surface area contributed by atoms with E-state index < -0.39 is 11.8 Å². The Balaban J connectivity index is 1.91. The lowest BCUT2D eigenvalue weighted by atomic mass is 10.1. The fourth-order valence-corrected chi connectivity index (χ4v) is 3.77. The Morgan fingerprint density at radius 2 is 1.71 bits per heavy atom. The molecule has 0 saturated heterocycles. The van der Waals surface area contributed by atoms with Crippen LogP contribution in [-0.4, -0.2) is 40.8 Å². The minimum Gasteiger partial charge on any atom is -0.494 e. The molecule has 1 aliphatic rings. The van der Waals surface area contributed by atoms with Gasteiger partial charge >= 0.3 is 0 Å². The van der Waals surface area contributed by atoms with Crippen LogP contribution in [0.15, 0.2) is 53.4 Å². The number of halogens is 1. The van der Waals surface area contributed by atoms with Crippen LogP contribution in [0.25, 0.3) is 5.57 Å². The quantitative estimate of drug-likeness (QED) is 0.688. The topological polar surface area (TPSA) is 66.8 Å². The predicted molar refractivity (Wildman–Crippen MR) is 106 cm³/mol. The monoisotopic (exact) mass is 401 g/mol. The summed E-state index contributed by atoms with van der Waals surface area (Å²) >= 11 is 1.16. The molecule has 0 atom stereocenters. The number of amides is 2. The summed E-state index contributed by atoms with van der Waals surface area (Å²) in [6.07, 6.45) is 0. The number of ether oxygens (including phenoxy) is 1. The van der Waals surface area contributed by atoms with Crippen molar-refractivity contribution >= 4 is 29.1 Å². The van der Waals surface area contributed by atoms with Crippen LogP contribution in [-0.2, 0) is 16.1 Å². The fraction of sp³-hybridized carbons (Fsp3) is 0.238. The zero-order valence-corrected chi connectivity index (χ0v) is 16.2. The first-order valence-electron chi connectivity index (χ1n) is 8.87. The van der Waals surface area contributed by atoms with Crippen molar-refractivity contribution in [2.45, 2.75) is 13.5 Å². The molecule has 0 saturated carbocycles. The molecule has 5 nitrogen and oxygen atoms in total. The molecule has 0 aromatic heterocycles. The summed E-state index contributed by atoms with van der Waals surface area (Å²) in [4.78, 5) is 27.4. The maximum atomic E-state index is 13.1. The molecule has 0 aliphatic carbocycles. The number of rotatable bonds is 8. The van der Waals surface area contributed by atoms with Gasteiger partial charge in [-0.15, -0.1) is 11.8 Å². The van der Waals surface area contributed by atoms with Crippen molar-refractivity contribution in [2.75, 3.05) is 19.0 Å². The molecule has 0 spiro atoms. The molecular weight excluding hydrogens is 381 g/mol. The highest BCUT2D eigenvalue weighted by Crippen LogP contribution is 2.37. The summed E-state index contributed by atoms with van der Waals surface area (Å²) in [5.74, 6) is -0.207. The first-order chi connectivity index (χ1) is 13.5. The molecular formula is C21H20FNO4S. The van der Waals surface area contributed by atoms with E-state index in [1.54, 1.807) is 36.4 Å². The lowest BCUT2D eigenvalue weighted by Gasteiger charge is -2.15. The minimum absolute atomic E-state index is 0.0572. The largest absolute Gasteiger partial charge is 0.494 e. The minimum atomic E-state index is -0.406. The SMILES string of the molecule is CCOc1ccc(C2=C(SCCO)C(=O)N(Cc3ccc(F)cc3)C2=O)cc1. The number of carbonyl (C=O) groups is 2. The molecule has 146 valence electrons. The number of carbonyl (C=O) groups excluding carboxylic acids is 2. The average Bonchev–Trinajstić information content (AvgIpc) is 2.93. The van der Waals surface area contributed by atoms with Gasteiger partial charge in [0.15, 0.2) is 0 Å². The predicted octanol–water partition coefficient (Wildman–Crippen LogP) is 3.23. The number of benzene rings is 2. The molecule has 2 aromatic rings. The van der Waals surface area contributed by atoms with Crippen molar-refractivity contribution in [1.82, 2.24) is 4.90 Å². The van der Waals surface area contributed by atoms with Crippen molar-refractivity contribution < 1.29 is 23.8 Å².